The van der Waals surface area contributed by atoms with E-state index in [2.05, 4.69) is 26.5 Å². The Hall–Kier alpha value is -1.24. The molecular formula is C13H18O. The van der Waals surface area contributed by atoms with Crippen molar-refractivity contribution in [3.8, 4) is 5.75 Å². The van der Waals surface area contributed by atoms with Crippen molar-refractivity contribution in [3.05, 3.63) is 42.0 Å². The summed E-state index contributed by atoms with van der Waals surface area (Å²) in [6.07, 6.45) is 1.85. The summed E-state index contributed by atoms with van der Waals surface area (Å²) in [5.74, 6) is 1.06. The van der Waals surface area contributed by atoms with Gasteiger partial charge in [0.05, 0.1) is 0 Å². The quantitative estimate of drug-likeness (QED) is 0.719. The van der Waals surface area contributed by atoms with Gasteiger partial charge in [-0.25, -0.2) is 0 Å². The Labute approximate surface area is 86.1 Å². The highest BCUT2D eigenvalue weighted by Gasteiger charge is 2.09. The second kappa shape index (κ2) is 4.32. The first-order chi connectivity index (χ1) is 6.56. The highest BCUT2D eigenvalue weighted by molar-refractivity contribution is 5.40. The Bertz CT molecular complexity index is 326. The second-order valence-electron chi connectivity index (χ2n) is 4.00. The summed E-state index contributed by atoms with van der Waals surface area (Å²) < 4.78 is 0. The molecule has 1 unspecified atom stereocenters. The van der Waals surface area contributed by atoms with Crippen molar-refractivity contribution in [1.82, 2.24) is 0 Å². The number of benzene rings is 1. The topological polar surface area (TPSA) is 20.2 Å². The number of hydrogen-bond acceptors (Lipinski definition) is 1. The van der Waals surface area contributed by atoms with Crippen LogP contribution >= 0.6 is 0 Å². The van der Waals surface area contributed by atoms with Crippen molar-refractivity contribution < 1.29 is 5.11 Å². The van der Waals surface area contributed by atoms with Crippen LogP contribution in [-0.4, -0.2) is 5.11 Å². The van der Waals surface area contributed by atoms with Crippen molar-refractivity contribution in [2.24, 2.45) is 0 Å². The third kappa shape index (κ3) is 2.16. The van der Waals surface area contributed by atoms with Gasteiger partial charge in [0.2, 0.25) is 0 Å². The Kier molecular flexibility index (Phi) is 3.34. The van der Waals surface area contributed by atoms with Crippen LogP contribution in [0.2, 0.25) is 0 Å². The van der Waals surface area contributed by atoms with Crippen LogP contribution in [0.15, 0.2) is 30.9 Å². The van der Waals surface area contributed by atoms with Crippen molar-refractivity contribution in [3.63, 3.8) is 0 Å². The third-order valence-electron chi connectivity index (χ3n) is 2.56. The molecule has 0 aliphatic rings. The van der Waals surface area contributed by atoms with E-state index in [0.29, 0.717) is 11.7 Å². The molecule has 0 saturated heterocycles. The number of allylic oxidation sites excluding steroid dienone is 1. The Morgan fingerprint density at radius 2 is 1.93 bits per heavy atom. The van der Waals surface area contributed by atoms with Gasteiger partial charge >= 0.3 is 0 Å². The molecule has 0 aromatic heterocycles. The van der Waals surface area contributed by atoms with Gasteiger partial charge in [0.25, 0.3) is 0 Å². The lowest BCUT2D eigenvalue weighted by Crippen LogP contribution is -1.94. The molecule has 1 N–H and O–H groups in total. The van der Waals surface area contributed by atoms with Gasteiger partial charge in [-0.15, -0.1) is 6.58 Å². The number of hydrogen-bond donors (Lipinski definition) is 1. The monoisotopic (exact) mass is 190 g/mol. The zero-order valence-corrected chi connectivity index (χ0v) is 9.12. The van der Waals surface area contributed by atoms with Crippen molar-refractivity contribution >= 4 is 0 Å². The number of phenols is 1. The fraction of sp³-hybridized carbons (Fsp3) is 0.385. The molecule has 0 radical (unpaired) electrons. The molecule has 0 saturated carbocycles. The van der Waals surface area contributed by atoms with Gasteiger partial charge in [0, 0.05) is 11.5 Å². The van der Waals surface area contributed by atoms with Crippen LogP contribution in [0, 0.1) is 0 Å². The first-order valence-electron chi connectivity index (χ1n) is 5.01. The average molecular weight is 190 g/mol. The molecule has 0 spiro atoms. The first kappa shape index (κ1) is 10.8. The molecule has 1 rings (SSSR count). The van der Waals surface area contributed by atoms with E-state index < -0.39 is 0 Å². The zero-order chi connectivity index (χ0) is 10.7. The van der Waals surface area contributed by atoms with Crippen molar-refractivity contribution in [2.75, 3.05) is 0 Å². The fourth-order valence-corrected chi connectivity index (χ4v) is 1.42. The maximum absolute atomic E-state index is 9.67. The SMILES string of the molecule is C=CC(C)c1cc(C(C)C)ccc1O. The molecule has 0 aliphatic heterocycles. The number of phenolic OH excluding ortho intramolecular Hbond substituents is 1. The Morgan fingerprint density at radius 3 is 2.43 bits per heavy atom. The highest BCUT2D eigenvalue weighted by atomic mass is 16.3. The first-order valence-corrected chi connectivity index (χ1v) is 5.01. The van der Waals surface area contributed by atoms with E-state index in [9.17, 15) is 5.11 Å². The van der Waals surface area contributed by atoms with Gasteiger partial charge in [0.15, 0.2) is 0 Å². The maximum atomic E-state index is 9.67. The Balaban J connectivity index is 3.14. The van der Waals surface area contributed by atoms with Gasteiger partial charge in [-0.05, 0) is 17.5 Å². The summed E-state index contributed by atoms with van der Waals surface area (Å²) in [6, 6.07) is 5.80. The molecule has 0 heterocycles. The van der Waals surface area contributed by atoms with E-state index in [1.807, 2.05) is 19.1 Å². The van der Waals surface area contributed by atoms with Crippen molar-refractivity contribution in [1.29, 1.82) is 0 Å². The van der Waals surface area contributed by atoms with Crippen LogP contribution in [0.1, 0.15) is 43.7 Å². The molecule has 1 aromatic rings. The lowest BCUT2D eigenvalue weighted by Gasteiger charge is -2.13. The fourth-order valence-electron chi connectivity index (χ4n) is 1.42. The third-order valence-corrected chi connectivity index (χ3v) is 2.56. The molecule has 1 heteroatoms. The minimum Gasteiger partial charge on any atom is -0.508 e. The van der Waals surface area contributed by atoms with E-state index >= 15 is 0 Å². The predicted octanol–water partition coefficient (Wildman–Crippen LogP) is 3.81. The van der Waals surface area contributed by atoms with Gasteiger partial charge in [-0.2, -0.15) is 0 Å². The van der Waals surface area contributed by atoms with Gasteiger partial charge in [0.1, 0.15) is 5.75 Å². The normalized spacial score (nSPS) is 12.9. The van der Waals surface area contributed by atoms with Crippen LogP contribution in [0.4, 0.5) is 0 Å². The molecule has 14 heavy (non-hydrogen) atoms. The van der Waals surface area contributed by atoms with Crippen LogP contribution in [-0.2, 0) is 0 Å². The predicted molar refractivity (Wildman–Crippen MR) is 60.8 cm³/mol. The van der Waals surface area contributed by atoms with E-state index in [-0.39, 0.29) is 5.92 Å². The summed E-state index contributed by atoms with van der Waals surface area (Å²) in [5, 5.41) is 9.67. The van der Waals surface area contributed by atoms with Gasteiger partial charge in [-0.1, -0.05) is 39.0 Å². The van der Waals surface area contributed by atoms with E-state index in [1.165, 1.54) is 5.56 Å². The molecule has 1 atom stereocenters. The minimum atomic E-state index is 0.202. The minimum absolute atomic E-state index is 0.202. The smallest absolute Gasteiger partial charge is 0.119 e. The largest absolute Gasteiger partial charge is 0.508 e. The zero-order valence-electron chi connectivity index (χ0n) is 9.12. The molecule has 76 valence electrons. The summed E-state index contributed by atoms with van der Waals surface area (Å²) in [6.45, 7) is 10.1. The second-order valence-corrected chi connectivity index (χ2v) is 4.00. The molecule has 0 amide bonds. The van der Waals surface area contributed by atoms with Crippen LogP contribution in [0.25, 0.3) is 0 Å². The Morgan fingerprint density at radius 1 is 1.29 bits per heavy atom. The number of rotatable bonds is 3. The summed E-state index contributed by atoms with van der Waals surface area (Å²) in [4.78, 5) is 0. The summed E-state index contributed by atoms with van der Waals surface area (Å²) in [5.41, 5.74) is 2.22. The average Bonchev–Trinajstić information content (AvgIpc) is 2.17. The number of aromatic hydroxyl groups is 1. The molecule has 1 nitrogen and oxygen atoms in total. The van der Waals surface area contributed by atoms with Crippen LogP contribution < -0.4 is 0 Å². The molecule has 0 aliphatic carbocycles. The summed E-state index contributed by atoms with van der Waals surface area (Å²) in [7, 11) is 0. The van der Waals surface area contributed by atoms with E-state index in [4.69, 9.17) is 0 Å². The highest BCUT2D eigenvalue weighted by Crippen LogP contribution is 2.29. The molecular weight excluding hydrogens is 172 g/mol. The van der Waals surface area contributed by atoms with E-state index in [1.54, 1.807) is 6.07 Å². The standard InChI is InChI=1S/C13H18O/c1-5-10(4)12-8-11(9(2)3)6-7-13(12)14/h5-10,14H,1H2,2-4H3. The van der Waals surface area contributed by atoms with Crippen LogP contribution in [0.5, 0.6) is 5.75 Å². The molecule has 0 fully saturated rings. The van der Waals surface area contributed by atoms with Gasteiger partial charge in [-0.3, -0.25) is 0 Å². The molecule has 0 bridgehead atoms. The van der Waals surface area contributed by atoms with E-state index in [0.717, 1.165) is 5.56 Å². The maximum Gasteiger partial charge on any atom is 0.119 e. The lowest BCUT2D eigenvalue weighted by molar-refractivity contribution is 0.466. The van der Waals surface area contributed by atoms with Crippen LogP contribution in [0.3, 0.4) is 0 Å². The van der Waals surface area contributed by atoms with Crippen molar-refractivity contribution in [2.45, 2.75) is 32.6 Å². The molecule has 1 aromatic carbocycles. The van der Waals surface area contributed by atoms with Gasteiger partial charge < -0.3 is 5.11 Å². The summed E-state index contributed by atoms with van der Waals surface area (Å²) >= 11 is 0. The lowest BCUT2D eigenvalue weighted by atomic mass is 9.94.